The molecule has 44 heavy (non-hydrogen) atoms. The number of amides is 3. The summed E-state index contributed by atoms with van der Waals surface area (Å²) in [6, 6.07) is -1.02. The number of unbranched alkanes of at least 4 members (excludes halogenated alkanes) is 12. The van der Waals surface area contributed by atoms with Crippen LogP contribution in [0, 0.1) is 0 Å². The van der Waals surface area contributed by atoms with Crippen molar-refractivity contribution in [1.29, 1.82) is 0 Å². The first-order chi connectivity index (χ1) is 21.4. The van der Waals surface area contributed by atoms with Crippen LogP contribution in [-0.4, -0.2) is 60.6 Å². The van der Waals surface area contributed by atoms with Crippen LogP contribution in [0.15, 0.2) is 12.5 Å². The zero-order chi connectivity index (χ0) is 32.1. The second kappa shape index (κ2) is 27.7. The van der Waals surface area contributed by atoms with Crippen LogP contribution in [0.4, 0.5) is 0 Å². The Bertz CT molecular complexity index is 798. The first kappa shape index (κ1) is 39.2. The number of rotatable bonds is 27. The molecule has 1 atom stereocenters. The average molecular weight is 624 g/mol. The fourth-order valence-electron chi connectivity index (χ4n) is 5.40. The van der Waals surface area contributed by atoms with Gasteiger partial charge in [-0.05, 0) is 25.7 Å². The molecule has 0 bridgehead atoms. The van der Waals surface area contributed by atoms with E-state index in [9.17, 15) is 24.3 Å². The second-order valence-corrected chi connectivity index (χ2v) is 12.0. The first-order valence-corrected chi connectivity index (χ1v) is 17.4. The van der Waals surface area contributed by atoms with Gasteiger partial charge in [-0.25, -0.2) is 4.79 Å². The predicted molar refractivity (Wildman–Crippen MR) is 173 cm³/mol. The molecule has 0 aromatic heterocycles. The van der Waals surface area contributed by atoms with Gasteiger partial charge in [-0.2, -0.15) is 0 Å². The Hall–Kier alpha value is -2.78. The van der Waals surface area contributed by atoms with Gasteiger partial charge in [-0.15, -0.1) is 0 Å². The van der Waals surface area contributed by atoms with Crippen molar-refractivity contribution >= 4 is 23.7 Å². The third kappa shape index (κ3) is 23.6. The molecule has 0 spiro atoms. The van der Waals surface area contributed by atoms with Crippen LogP contribution in [-0.2, 0) is 28.7 Å². The minimum absolute atomic E-state index is 0.00363. The van der Waals surface area contributed by atoms with Crippen LogP contribution < -0.4 is 16.0 Å². The summed E-state index contributed by atoms with van der Waals surface area (Å²) in [6.45, 7) is 2.51. The predicted octanol–water partition coefficient (Wildman–Crippen LogP) is 6.28. The van der Waals surface area contributed by atoms with Crippen LogP contribution in [0.3, 0.4) is 0 Å². The Balaban J connectivity index is 1.98. The lowest BCUT2D eigenvalue weighted by atomic mass is 10.0. The fourth-order valence-corrected chi connectivity index (χ4v) is 5.40. The number of carboxylic acids is 1. The van der Waals surface area contributed by atoms with Crippen molar-refractivity contribution < 1.29 is 33.8 Å². The number of carbonyl (C=O) groups is 4. The van der Waals surface area contributed by atoms with Crippen molar-refractivity contribution in [2.75, 3.05) is 19.8 Å². The third-order valence-electron chi connectivity index (χ3n) is 8.03. The van der Waals surface area contributed by atoms with Crippen molar-refractivity contribution in [2.45, 2.75) is 160 Å². The minimum atomic E-state index is -1.20. The highest BCUT2D eigenvalue weighted by Gasteiger charge is 2.22. The number of hydrogen-bond donors (Lipinski definition) is 4. The number of carbonyl (C=O) groups excluding carboxylic acids is 3. The van der Waals surface area contributed by atoms with Gasteiger partial charge in [0, 0.05) is 18.9 Å². The lowest BCUT2D eigenvalue weighted by molar-refractivity contribution is -0.142. The van der Waals surface area contributed by atoms with Crippen molar-refractivity contribution in [3.05, 3.63) is 12.5 Å². The monoisotopic (exact) mass is 623 g/mol. The summed E-state index contributed by atoms with van der Waals surface area (Å²) >= 11 is 0. The largest absolute Gasteiger partial charge is 0.496 e. The molecule has 0 saturated heterocycles. The highest BCUT2D eigenvalue weighted by Crippen LogP contribution is 2.17. The smallest absolute Gasteiger partial charge is 0.326 e. The Kier molecular flexibility index (Phi) is 24.7. The molecule has 1 unspecified atom stereocenters. The Morgan fingerprint density at radius 2 is 1.30 bits per heavy atom. The molecule has 1 rings (SSSR count). The van der Waals surface area contributed by atoms with Crippen LogP contribution in [0.1, 0.15) is 148 Å². The van der Waals surface area contributed by atoms with Gasteiger partial charge < -0.3 is 30.5 Å². The Labute approximate surface area is 265 Å². The lowest BCUT2D eigenvalue weighted by Crippen LogP contribution is -2.43. The molecule has 10 nitrogen and oxygen atoms in total. The van der Waals surface area contributed by atoms with Gasteiger partial charge in [-0.1, -0.05) is 110 Å². The standard InChI is InChI=1S/C34H61N3O7/c1-2-3-4-5-6-7-8-9-10-11-12-13-18-21-31(38)35-24-25-43-26-27-44-28-33(40)37-30(34(41)42)22-23-32(39)36-29-19-16-14-15-17-20-29/h26-27,29-30H,2-25,28H2,1H3,(H,35,38)(H,36,39)(H,37,40)(H,41,42)/b27-26+. The summed E-state index contributed by atoms with van der Waals surface area (Å²) in [5, 5.41) is 17.6. The van der Waals surface area contributed by atoms with Gasteiger partial charge in [0.05, 0.1) is 6.54 Å². The van der Waals surface area contributed by atoms with E-state index in [1.807, 2.05) is 0 Å². The van der Waals surface area contributed by atoms with E-state index in [0.717, 1.165) is 38.5 Å². The number of aliphatic carboxylic acids is 1. The van der Waals surface area contributed by atoms with Gasteiger partial charge in [0.15, 0.2) is 6.61 Å². The van der Waals surface area contributed by atoms with E-state index in [4.69, 9.17) is 9.47 Å². The number of hydrogen-bond acceptors (Lipinski definition) is 6. The second-order valence-electron chi connectivity index (χ2n) is 12.0. The summed E-state index contributed by atoms with van der Waals surface area (Å²) in [6.07, 6.45) is 26.1. The fraction of sp³-hybridized carbons (Fsp3) is 0.824. The molecule has 0 aliphatic heterocycles. The van der Waals surface area contributed by atoms with Crippen molar-refractivity contribution in [3.8, 4) is 0 Å². The SMILES string of the molecule is CCCCCCCCCCCCCCCC(=O)NCCO/C=C/OCC(=O)NC(CCC(=O)NC1CCCCCC1)C(=O)O. The number of carboxylic acid groups (broad SMARTS) is 1. The van der Waals surface area contributed by atoms with E-state index in [-0.39, 0.29) is 43.9 Å². The molecule has 0 heterocycles. The van der Waals surface area contributed by atoms with Gasteiger partial charge in [0.25, 0.3) is 5.91 Å². The van der Waals surface area contributed by atoms with E-state index in [1.54, 1.807) is 0 Å². The molecule has 3 amide bonds. The van der Waals surface area contributed by atoms with E-state index < -0.39 is 17.9 Å². The molecule has 254 valence electrons. The zero-order valence-corrected chi connectivity index (χ0v) is 27.4. The Morgan fingerprint density at radius 3 is 1.89 bits per heavy atom. The molecule has 1 aliphatic carbocycles. The summed E-state index contributed by atoms with van der Waals surface area (Å²) in [5.41, 5.74) is 0. The van der Waals surface area contributed by atoms with E-state index in [1.165, 1.54) is 96.0 Å². The van der Waals surface area contributed by atoms with Crippen molar-refractivity contribution in [3.63, 3.8) is 0 Å². The summed E-state index contributed by atoms with van der Waals surface area (Å²) in [5.74, 6) is -1.98. The first-order valence-electron chi connectivity index (χ1n) is 17.4. The molecular weight excluding hydrogens is 562 g/mol. The maximum absolute atomic E-state index is 12.2. The maximum atomic E-state index is 12.2. The number of nitrogens with one attached hydrogen (secondary N) is 3. The molecule has 1 saturated carbocycles. The van der Waals surface area contributed by atoms with E-state index in [0.29, 0.717) is 13.0 Å². The van der Waals surface area contributed by atoms with Crippen molar-refractivity contribution in [2.24, 2.45) is 0 Å². The molecule has 1 aliphatic rings. The Morgan fingerprint density at radius 1 is 0.727 bits per heavy atom. The molecule has 4 N–H and O–H groups in total. The highest BCUT2D eigenvalue weighted by atomic mass is 16.5. The zero-order valence-electron chi connectivity index (χ0n) is 27.4. The van der Waals surface area contributed by atoms with E-state index >= 15 is 0 Å². The molecular formula is C34H61N3O7. The number of ether oxygens (including phenoxy) is 2. The third-order valence-corrected chi connectivity index (χ3v) is 8.03. The molecule has 0 aromatic rings. The quantitative estimate of drug-likeness (QED) is 0.0479. The van der Waals surface area contributed by atoms with Gasteiger partial charge in [-0.3, -0.25) is 14.4 Å². The summed E-state index contributed by atoms with van der Waals surface area (Å²) in [4.78, 5) is 47.8. The molecule has 10 heteroatoms. The summed E-state index contributed by atoms with van der Waals surface area (Å²) in [7, 11) is 0. The van der Waals surface area contributed by atoms with Crippen LogP contribution in [0.25, 0.3) is 0 Å². The van der Waals surface area contributed by atoms with Crippen LogP contribution >= 0.6 is 0 Å². The average Bonchev–Trinajstić information content (AvgIpc) is 3.27. The van der Waals surface area contributed by atoms with Gasteiger partial charge in [0.1, 0.15) is 25.2 Å². The molecule has 1 fully saturated rings. The summed E-state index contributed by atoms with van der Waals surface area (Å²) < 4.78 is 10.3. The molecule has 0 radical (unpaired) electrons. The van der Waals surface area contributed by atoms with Gasteiger partial charge in [0.2, 0.25) is 11.8 Å². The molecule has 0 aromatic carbocycles. The van der Waals surface area contributed by atoms with Gasteiger partial charge >= 0.3 is 5.97 Å². The lowest BCUT2D eigenvalue weighted by Gasteiger charge is -2.18. The topological polar surface area (TPSA) is 143 Å². The minimum Gasteiger partial charge on any atom is -0.496 e. The highest BCUT2D eigenvalue weighted by molar-refractivity contribution is 5.85. The van der Waals surface area contributed by atoms with Crippen molar-refractivity contribution in [1.82, 2.24) is 16.0 Å². The maximum Gasteiger partial charge on any atom is 0.326 e. The van der Waals surface area contributed by atoms with Crippen LogP contribution in [0.5, 0.6) is 0 Å². The van der Waals surface area contributed by atoms with E-state index in [2.05, 4.69) is 22.9 Å². The normalized spacial score (nSPS) is 14.5. The van der Waals surface area contributed by atoms with Crippen LogP contribution in [0.2, 0.25) is 0 Å².